The summed E-state index contributed by atoms with van der Waals surface area (Å²) >= 11 is 0. The van der Waals surface area contributed by atoms with Gasteiger partial charge in [-0.05, 0) is 60.1 Å². The number of hydrogen-bond donors (Lipinski definition) is 0. The fraction of sp³-hybridized carbons (Fsp3) is 0.476. The van der Waals surface area contributed by atoms with Gasteiger partial charge in [0.2, 0.25) is 0 Å². The fourth-order valence-electron chi connectivity index (χ4n) is 3.07. The van der Waals surface area contributed by atoms with E-state index in [9.17, 15) is 4.79 Å². The molecule has 0 aliphatic heterocycles. The highest BCUT2D eigenvalue weighted by molar-refractivity contribution is 5.89. The van der Waals surface area contributed by atoms with Gasteiger partial charge in [0.15, 0.2) is 0 Å². The molecule has 1 aliphatic rings. The summed E-state index contributed by atoms with van der Waals surface area (Å²) in [5.74, 6) is 0.936. The Hall–Kier alpha value is -1.83. The molecule has 0 aromatic heterocycles. The molecule has 23 heavy (non-hydrogen) atoms. The van der Waals surface area contributed by atoms with Crippen molar-refractivity contribution in [2.45, 2.75) is 59.5 Å². The van der Waals surface area contributed by atoms with Crippen LogP contribution in [0.1, 0.15) is 63.7 Å². The zero-order valence-electron chi connectivity index (χ0n) is 14.8. The van der Waals surface area contributed by atoms with E-state index in [1.807, 2.05) is 44.2 Å². The summed E-state index contributed by atoms with van der Waals surface area (Å²) in [6.07, 6.45) is 5.95. The van der Waals surface area contributed by atoms with Crippen molar-refractivity contribution in [1.82, 2.24) is 0 Å². The van der Waals surface area contributed by atoms with Crippen LogP contribution in [-0.4, -0.2) is 12.4 Å². The standard InChI is InChI=1S/C19H22O2.C2H6/c1-19(2)9-7-17(8-10-19)21-18-6-5-15-11-14(13-20)3-4-16(15)12-18;1-2/h3-6,11-13,17H,7-10H2,1-2H3;1-2H3. The van der Waals surface area contributed by atoms with Crippen molar-refractivity contribution in [1.29, 1.82) is 0 Å². The topological polar surface area (TPSA) is 26.3 Å². The lowest BCUT2D eigenvalue weighted by Crippen LogP contribution is -2.28. The third-order valence-corrected chi connectivity index (χ3v) is 4.56. The highest BCUT2D eigenvalue weighted by atomic mass is 16.5. The molecule has 0 N–H and O–H groups in total. The molecule has 0 radical (unpaired) electrons. The van der Waals surface area contributed by atoms with E-state index < -0.39 is 0 Å². The largest absolute Gasteiger partial charge is 0.490 e. The lowest BCUT2D eigenvalue weighted by atomic mass is 9.76. The molecule has 0 atom stereocenters. The number of rotatable bonds is 3. The summed E-state index contributed by atoms with van der Waals surface area (Å²) in [6.45, 7) is 8.67. The SMILES string of the molecule is CC.CC1(C)CCC(Oc2ccc3cc(C=O)ccc3c2)CC1. The Labute approximate surface area is 139 Å². The first kappa shape index (κ1) is 17.5. The molecule has 124 valence electrons. The molecule has 0 heterocycles. The molecule has 2 heteroatoms. The van der Waals surface area contributed by atoms with Gasteiger partial charge in [0.25, 0.3) is 0 Å². The second-order valence-corrected chi connectivity index (χ2v) is 6.87. The van der Waals surface area contributed by atoms with Gasteiger partial charge in [0, 0.05) is 5.56 Å². The van der Waals surface area contributed by atoms with Crippen LogP contribution in [0.5, 0.6) is 5.75 Å². The van der Waals surface area contributed by atoms with Gasteiger partial charge in [-0.25, -0.2) is 0 Å². The molecule has 0 bridgehead atoms. The minimum atomic E-state index is 0.338. The van der Waals surface area contributed by atoms with Crippen LogP contribution in [0.15, 0.2) is 36.4 Å². The summed E-state index contributed by atoms with van der Waals surface area (Å²) in [5.41, 5.74) is 1.18. The van der Waals surface area contributed by atoms with Crippen molar-refractivity contribution in [2.75, 3.05) is 0 Å². The normalized spacial score (nSPS) is 17.2. The maximum Gasteiger partial charge on any atom is 0.150 e. The second kappa shape index (κ2) is 7.63. The Balaban J connectivity index is 0.000000924. The quantitative estimate of drug-likeness (QED) is 0.647. The van der Waals surface area contributed by atoms with Crippen molar-refractivity contribution < 1.29 is 9.53 Å². The van der Waals surface area contributed by atoms with Crippen LogP contribution in [0.4, 0.5) is 0 Å². The number of fused-ring (bicyclic) bond motifs is 1. The lowest BCUT2D eigenvalue weighted by Gasteiger charge is -2.34. The summed E-state index contributed by atoms with van der Waals surface area (Å²) in [7, 11) is 0. The Morgan fingerprint density at radius 1 is 1.00 bits per heavy atom. The Kier molecular flexibility index (Phi) is 5.81. The van der Waals surface area contributed by atoms with E-state index in [-0.39, 0.29) is 0 Å². The fourth-order valence-corrected chi connectivity index (χ4v) is 3.07. The van der Waals surface area contributed by atoms with E-state index >= 15 is 0 Å². The van der Waals surface area contributed by atoms with E-state index in [0.717, 1.165) is 35.6 Å². The average molecular weight is 312 g/mol. The predicted molar refractivity (Wildman–Crippen MR) is 97.3 cm³/mol. The lowest BCUT2D eigenvalue weighted by molar-refractivity contribution is 0.0989. The Morgan fingerprint density at radius 3 is 2.26 bits per heavy atom. The molecule has 2 aromatic rings. The van der Waals surface area contributed by atoms with Crippen molar-refractivity contribution in [3.8, 4) is 5.75 Å². The van der Waals surface area contributed by atoms with Gasteiger partial charge < -0.3 is 4.74 Å². The van der Waals surface area contributed by atoms with Crippen LogP contribution < -0.4 is 4.74 Å². The molecule has 2 aromatic carbocycles. The first-order chi connectivity index (χ1) is 11.1. The molecule has 2 nitrogen and oxygen atoms in total. The van der Waals surface area contributed by atoms with Crippen LogP contribution in [0.25, 0.3) is 10.8 Å². The molecule has 0 saturated heterocycles. The molecule has 1 saturated carbocycles. The van der Waals surface area contributed by atoms with Gasteiger partial charge in [-0.1, -0.05) is 45.9 Å². The zero-order valence-corrected chi connectivity index (χ0v) is 14.8. The minimum absolute atomic E-state index is 0.338. The molecular formula is C21H28O2. The second-order valence-electron chi connectivity index (χ2n) is 6.87. The molecular weight excluding hydrogens is 284 g/mol. The molecule has 0 spiro atoms. The summed E-state index contributed by atoms with van der Waals surface area (Å²) in [6, 6.07) is 11.9. The number of carbonyl (C=O) groups excluding carboxylic acids is 1. The smallest absolute Gasteiger partial charge is 0.150 e. The van der Waals surface area contributed by atoms with Crippen LogP contribution in [0.2, 0.25) is 0 Å². The summed E-state index contributed by atoms with van der Waals surface area (Å²) in [5, 5.41) is 2.20. The third-order valence-electron chi connectivity index (χ3n) is 4.56. The molecule has 0 unspecified atom stereocenters. The van der Waals surface area contributed by atoms with E-state index in [1.54, 1.807) is 0 Å². The number of aldehydes is 1. The zero-order chi connectivity index (χ0) is 16.9. The highest BCUT2D eigenvalue weighted by Gasteiger charge is 2.27. The van der Waals surface area contributed by atoms with Crippen molar-refractivity contribution in [3.63, 3.8) is 0 Å². The van der Waals surface area contributed by atoms with E-state index in [1.165, 1.54) is 12.8 Å². The van der Waals surface area contributed by atoms with Crippen LogP contribution in [0, 0.1) is 5.41 Å². The Bertz CT molecular complexity index is 648. The van der Waals surface area contributed by atoms with Gasteiger partial charge in [-0.3, -0.25) is 4.79 Å². The van der Waals surface area contributed by atoms with Crippen LogP contribution in [0.3, 0.4) is 0 Å². The molecule has 3 rings (SSSR count). The van der Waals surface area contributed by atoms with Crippen LogP contribution in [-0.2, 0) is 0 Å². The predicted octanol–water partition coefficient (Wildman–Crippen LogP) is 6.03. The van der Waals surface area contributed by atoms with E-state index in [4.69, 9.17) is 4.74 Å². The van der Waals surface area contributed by atoms with Gasteiger partial charge in [-0.15, -0.1) is 0 Å². The third kappa shape index (κ3) is 4.57. The maximum atomic E-state index is 10.8. The minimum Gasteiger partial charge on any atom is -0.490 e. The Morgan fingerprint density at radius 2 is 1.61 bits per heavy atom. The van der Waals surface area contributed by atoms with Gasteiger partial charge in [0.05, 0.1) is 6.10 Å². The number of hydrogen-bond acceptors (Lipinski definition) is 2. The van der Waals surface area contributed by atoms with Gasteiger partial charge in [0.1, 0.15) is 12.0 Å². The highest BCUT2D eigenvalue weighted by Crippen LogP contribution is 2.36. The van der Waals surface area contributed by atoms with Crippen molar-refractivity contribution >= 4 is 17.1 Å². The van der Waals surface area contributed by atoms with E-state index in [0.29, 0.717) is 17.1 Å². The molecule has 1 aliphatic carbocycles. The van der Waals surface area contributed by atoms with Crippen molar-refractivity contribution in [3.05, 3.63) is 42.0 Å². The maximum absolute atomic E-state index is 10.8. The first-order valence-electron chi connectivity index (χ1n) is 8.71. The van der Waals surface area contributed by atoms with Crippen molar-refractivity contribution in [2.24, 2.45) is 5.41 Å². The monoisotopic (exact) mass is 312 g/mol. The number of benzene rings is 2. The number of carbonyl (C=O) groups is 1. The number of ether oxygens (including phenoxy) is 1. The molecule has 0 amide bonds. The van der Waals surface area contributed by atoms with Gasteiger partial charge >= 0.3 is 0 Å². The van der Waals surface area contributed by atoms with E-state index in [2.05, 4.69) is 19.9 Å². The average Bonchev–Trinajstić information content (AvgIpc) is 2.58. The van der Waals surface area contributed by atoms with Gasteiger partial charge in [-0.2, -0.15) is 0 Å². The molecule has 1 fully saturated rings. The summed E-state index contributed by atoms with van der Waals surface area (Å²) in [4.78, 5) is 10.8. The first-order valence-corrected chi connectivity index (χ1v) is 8.71. The van der Waals surface area contributed by atoms with Crippen LogP contribution >= 0.6 is 0 Å². The summed E-state index contributed by atoms with van der Waals surface area (Å²) < 4.78 is 6.14.